The van der Waals surface area contributed by atoms with Gasteiger partial charge in [-0.1, -0.05) is 6.07 Å². The number of carbonyl (C=O) groups is 1. The second kappa shape index (κ2) is 9.37. The van der Waals surface area contributed by atoms with Crippen molar-refractivity contribution in [1.82, 2.24) is 24.5 Å². The molecular formula is C27H34N6O3. The molecular weight excluding hydrogens is 456 g/mol. The first kappa shape index (κ1) is 23.2. The van der Waals surface area contributed by atoms with E-state index < -0.39 is 0 Å². The van der Waals surface area contributed by atoms with Crippen molar-refractivity contribution < 1.29 is 14.3 Å². The summed E-state index contributed by atoms with van der Waals surface area (Å²) < 4.78 is 15.9. The molecule has 5 heterocycles. The molecule has 3 aliphatic heterocycles. The van der Waals surface area contributed by atoms with Gasteiger partial charge in [0, 0.05) is 75.3 Å². The van der Waals surface area contributed by atoms with Crippen LogP contribution in [0.4, 0.5) is 11.5 Å². The summed E-state index contributed by atoms with van der Waals surface area (Å²) in [6.07, 6.45) is 6.65. The Labute approximate surface area is 211 Å². The van der Waals surface area contributed by atoms with Gasteiger partial charge in [0.2, 0.25) is 5.91 Å². The van der Waals surface area contributed by atoms with Crippen molar-refractivity contribution in [3.63, 3.8) is 0 Å². The Balaban J connectivity index is 1.45. The Morgan fingerprint density at radius 2 is 2.17 bits per heavy atom. The number of aromatic nitrogens is 4. The highest BCUT2D eigenvalue weighted by Crippen LogP contribution is 2.41. The highest BCUT2D eigenvalue weighted by atomic mass is 16.5. The molecule has 0 bridgehead atoms. The van der Waals surface area contributed by atoms with E-state index >= 15 is 0 Å². The zero-order valence-corrected chi connectivity index (χ0v) is 21.3. The third-order valence-corrected chi connectivity index (χ3v) is 7.66. The number of rotatable bonds is 5. The summed E-state index contributed by atoms with van der Waals surface area (Å²) in [5, 5.41) is 9.57. The zero-order chi connectivity index (χ0) is 24.8. The van der Waals surface area contributed by atoms with Crippen LogP contribution in [0.3, 0.4) is 0 Å². The van der Waals surface area contributed by atoms with Crippen molar-refractivity contribution in [1.29, 1.82) is 0 Å². The fourth-order valence-electron chi connectivity index (χ4n) is 5.85. The average molecular weight is 491 g/mol. The van der Waals surface area contributed by atoms with E-state index in [4.69, 9.17) is 14.6 Å². The van der Waals surface area contributed by atoms with Gasteiger partial charge in [0.15, 0.2) is 5.82 Å². The molecule has 9 nitrogen and oxygen atoms in total. The number of carbonyl (C=O) groups excluding carboxylic acids is 1. The predicted octanol–water partition coefficient (Wildman–Crippen LogP) is 3.25. The van der Waals surface area contributed by atoms with E-state index in [0.29, 0.717) is 19.8 Å². The quantitative estimate of drug-likeness (QED) is 0.547. The molecule has 3 aromatic rings. The van der Waals surface area contributed by atoms with Gasteiger partial charge in [0.1, 0.15) is 0 Å². The van der Waals surface area contributed by atoms with Gasteiger partial charge in [-0.15, -0.1) is 0 Å². The van der Waals surface area contributed by atoms with Crippen molar-refractivity contribution >= 4 is 17.4 Å². The lowest BCUT2D eigenvalue weighted by Gasteiger charge is -2.36. The van der Waals surface area contributed by atoms with Crippen LogP contribution in [0.2, 0.25) is 0 Å². The van der Waals surface area contributed by atoms with Crippen LogP contribution in [0, 0.1) is 0 Å². The van der Waals surface area contributed by atoms with Crippen LogP contribution in [0.15, 0.2) is 30.6 Å². The minimum atomic E-state index is 0.0646. The number of ether oxygens (including phenoxy) is 2. The summed E-state index contributed by atoms with van der Waals surface area (Å²) >= 11 is 0. The van der Waals surface area contributed by atoms with Crippen molar-refractivity contribution in [3.8, 4) is 11.1 Å². The van der Waals surface area contributed by atoms with Crippen molar-refractivity contribution in [3.05, 3.63) is 47.4 Å². The summed E-state index contributed by atoms with van der Waals surface area (Å²) in [7, 11) is 1.94. The SMILES string of the molecule is CCOC1Cc2cc(-c3cnn(C)c3)ccc2N(c2nn(C3CCOC3)c3c2CN(C(C)=O)CC3)C1. The second-order valence-electron chi connectivity index (χ2n) is 10.0. The highest BCUT2D eigenvalue weighted by molar-refractivity contribution is 5.76. The van der Waals surface area contributed by atoms with Crippen LogP contribution in [0.25, 0.3) is 11.1 Å². The first-order chi connectivity index (χ1) is 17.5. The standard InChI is InChI=1S/C27H34N6O3/c1-4-36-23-12-20-11-19(21-13-28-30(3)14-21)5-6-25(20)32(15-23)27-24-16-31(18(2)34)9-7-26(24)33(29-27)22-8-10-35-17-22/h5-6,11,13-14,22-23H,4,7-10,12,15-17H2,1-3H3. The van der Waals surface area contributed by atoms with Gasteiger partial charge < -0.3 is 19.3 Å². The van der Waals surface area contributed by atoms with E-state index in [1.807, 2.05) is 35.9 Å². The number of hydrogen-bond donors (Lipinski definition) is 0. The molecule has 0 spiro atoms. The molecule has 2 atom stereocenters. The van der Waals surface area contributed by atoms with Crippen LogP contribution in [0.1, 0.15) is 43.1 Å². The molecule has 36 heavy (non-hydrogen) atoms. The fraction of sp³-hybridized carbons (Fsp3) is 0.519. The van der Waals surface area contributed by atoms with Gasteiger partial charge >= 0.3 is 0 Å². The smallest absolute Gasteiger partial charge is 0.219 e. The number of hydrogen-bond acceptors (Lipinski definition) is 6. The first-order valence-electron chi connectivity index (χ1n) is 13.0. The molecule has 1 fully saturated rings. The molecule has 0 aliphatic carbocycles. The molecule has 0 N–H and O–H groups in total. The number of aryl methyl sites for hydroxylation is 1. The monoisotopic (exact) mass is 490 g/mol. The van der Waals surface area contributed by atoms with Gasteiger partial charge in [-0.05, 0) is 36.6 Å². The maximum absolute atomic E-state index is 12.3. The van der Waals surface area contributed by atoms with Gasteiger partial charge in [0.05, 0.1) is 38.0 Å². The minimum Gasteiger partial charge on any atom is -0.379 e. The number of anilines is 2. The lowest BCUT2D eigenvalue weighted by molar-refractivity contribution is -0.129. The molecule has 190 valence electrons. The fourth-order valence-corrected chi connectivity index (χ4v) is 5.85. The third kappa shape index (κ3) is 4.10. The van der Waals surface area contributed by atoms with Gasteiger partial charge in [-0.2, -0.15) is 10.2 Å². The lowest BCUT2D eigenvalue weighted by atomic mass is 9.95. The first-order valence-corrected chi connectivity index (χ1v) is 13.0. The maximum Gasteiger partial charge on any atom is 0.219 e. The Kier molecular flexibility index (Phi) is 6.05. The molecule has 2 unspecified atom stereocenters. The molecule has 2 aromatic heterocycles. The number of benzene rings is 1. The van der Waals surface area contributed by atoms with Gasteiger partial charge in [-0.25, -0.2) is 0 Å². The van der Waals surface area contributed by atoms with E-state index in [-0.39, 0.29) is 18.1 Å². The number of nitrogens with zero attached hydrogens (tertiary/aromatic N) is 6. The lowest BCUT2D eigenvalue weighted by Crippen LogP contribution is -2.39. The van der Waals surface area contributed by atoms with E-state index in [2.05, 4.69) is 32.9 Å². The average Bonchev–Trinajstić information content (AvgIpc) is 3.63. The molecule has 9 heteroatoms. The van der Waals surface area contributed by atoms with Crippen LogP contribution in [-0.2, 0) is 40.7 Å². The van der Waals surface area contributed by atoms with Crippen LogP contribution < -0.4 is 4.90 Å². The Morgan fingerprint density at radius 3 is 2.89 bits per heavy atom. The molecule has 0 saturated carbocycles. The summed E-state index contributed by atoms with van der Waals surface area (Å²) in [4.78, 5) is 16.6. The van der Waals surface area contributed by atoms with E-state index in [1.165, 1.54) is 11.3 Å². The summed E-state index contributed by atoms with van der Waals surface area (Å²) in [6.45, 7) is 7.88. The Bertz CT molecular complexity index is 1270. The van der Waals surface area contributed by atoms with Crippen molar-refractivity contribution in [2.75, 3.05) is 37.8 Å². The summed E-state index contributed by atoms with van der Waals surface area (Å²) in [5.41, 5.74) is 7.05. The zero-order valence-electron chi connectivity index (χ0n) is 21.3. The maximum atomic E-state index is 12.3. The van der Waals surface area contributed by atoms with Gasteiger partial charge in [-0.3, -0.25) is 14.2 Å². The normalized spacial score (nSPS) is 21.5. The summed E-state index contributed by atoms with van der Waals surface area (Å²) in [6, 6.07) is 6.88. The topological polar surface area (TPSA) is 77.7 Å². The third-order valence-electron chi connectivity index (χ3n) is 7.66. The largest absolute Gasteiger partial charge is 0.379 e. The van der Waals surface area contributed by atoms with Crippen LogP contribution >= 0.6 is 0 Å². The van der Waals surface area contributed by atoms with E-state index in [9.17, 15) is 4.79 Å². The molecule has 6 rings (SSSR count). The van der Waals surface area contributed by atoms with Gasteiger partial charge in [0.25, 0.3) is 0 Å². The summed E-state index contributed by atoms with van der Waals surface area (Å²) in [5.74, 6) is 1.05. The molecule has 1 amide bonds. The van der Waals surface area contributed by atoms with Crippen LogP contribution in [0.5, 0.6) is 0 Å². The molecule has 0 radical (unpaired) electrons. The van der Waals surface area contributed by atoms with Crippen molar-refractivity contribution in [2.24, 2.45) is 7.05 Å². The molecule has 1 aromatic carbocycles. The second-order valence-corrected chi connectivity index (χ2v) is 10.0. The predicted molar refractivity (Wildman–Crippen MR) is 136 cm³/mol. The Morgan fingerprint density at radius 1 is 1.28 bits per heavy atom. The van der Waals surface area contributed by atoms with Crippen LogP contribution in [-0.4, -0.2) is 69.4 Å². The molecule has 1 saturated heterocycles. The van der Waals surface area contributed by atoms with E-state index in [1.54, 1.807) is 6.92 Å². The van der Waals surface area contributed by atoms with Crippen molar-refractivity contribution in [2.45, 2.75) is 51.8 Å². The minimum absolute atomic E-state index is 0.0646. The number of amides is 1. The Hall–Kier alpha value is -3.17. The highest BCUT2D eigenvalue weighted by Gasteiger charge is 2.35. The number of fused-ring (bicyclic) bond motifs is 2. The van der Waals surface area contributed by atoms with E-state index in [0.717, 1.165) is 67.2 Å². The molecule has 3 aliphatic rings.